The Morgan fingerprint density at radius 3 is 1.63 bits per heavy atom. The number of nitrogens with two attached hydrogens (primary N) is 2. The maximum Gasteiger partial charge on any atom is 0.271 e. The Morgan fingerprint density at radius 2 is 1.23 bits per heavy atom. The van der Waals surface area contributed by atoms with Crippen LogP contribution in [0, 0.1) is 6.92 Å². The van der Waals surface area contributed by atoms with E-state index in [9.17, 15) is 13.2 Å². The molecule has 7 nitrogen and oxygen atoms in total. The smallest absolute Gasteiger partial charge is 0.271 e. The molecular formula is C22H22N4O3S. The van der Waals surface area contributed by atoms with Crippen LogP contribution in [0.4, 0.5) is 11.4 Å². The molecule has 30 heavy (non-hydrogen) atoms. The minimum Gasteiger partial charge on any atom is -0.399 e. The van der Waals surface area contributed by atoms with Crippen molar-refractivity contribution < 1.29 is 8.42 Å². The predicted octanol–water partition coefficient (Wildman–Crippen LogP) is 3.16. The van der Waals surface area contributed by atoms with Crippen LogP contribution in [-0.2, 0) is 9.84 Å². The lowest BCUT2D eigenvalue weighted by Crippen LogP contribution is -2.12. The van der Waals surface area contributed by atoms with Crippen LogP contribution in [0.15, 0.2) is 99.5 Å². The fraction of sp³-hybridized carbons (Fsp3) is 0.0455. The summed E-state index contributed by atoms with van der Waals surface area (Å²) in [7, 11) is -3.48. The molecule has 0 atom stereocenters. The Morgan fingerprint density at radius 1 is 0.767 bits per heavy atom. The van der Waals surface area contributed by atoms with E-state index >= 15 is 0 Å². The van der Waals surface area contributed by atoms with Crippen molar-refractivity contribution in [3.8, 4) is 5.69 Å². The van der Waals surface area contributed by atoms with E-state index in [0.717, 1.165) is 11.4 Å². The van der Waals surface area contributed by atoms with Crippen LogP contribution < -0.4 is 17.0 Å². The van der Waals surface area contributed by atoms with Gasteiger partial charge in [0.15, 0.2) is 0 Å². The number of benzene rings is 3. The number of rotatable bonds is 3. The molecular weight excluding hydrogens is 400 g/mol. The first kappa shape index (κ1) is 20.9. The Kier molecular flexibility index (Phi) is 6.08. The van der Waals surface area contributed by atoms with Gasteiger partial charge in [0, 0.05) is 23.1 Å². The number of aromatic amines is 1. The lowest BCUT2D eigenvalue weighted by Gasteiger charge is -2.05. The van der Waals surface area contributed by atoms with Crippen molar-refractivity contribution in [3.63, 3.8) is 0 Å². The zero-order valence-electron chi connectivity index (χ0n) is 16.3. The summed E-state index contributed by atoms with van der Waals surface area (Å²) in [6, 6.07) is 23.3. The largest absolute Gasteiger partial charge is 0.399 e. The van der Waals surface area contributed by atoms with Gasteiger partial charge in [0.2, 0.25) is 9.84 Å². The lowest BCUT2D eigenvalue weighted by molar-refractivity contribution is 0.596. The van der Waals surface area contributed by atoms with Gasteiger partial charge >= 0.3 is 0 Å². The number of anilines is 2. The van der Waals surface area contributed by atoms with Crippen molar-refractivity contribution >= 4 is 21.2 Å². The molecule has 0 fully saturated rings. The molecule has 0 amide bonds. The summed E-state index contributed by atoms with van der Waals surface area (Å²) < 4.78 is 25.9. The molecule has 0 saturated heterocycles. The highest BCUT2D eigenvalue weighted by Crippen LogP contribution is 2.22. The Bertz CT molecular complexity index is 1220. The number of para-hydroxylation sites is 1. The van der Waals surface area contributed by atoms with Gasteiger partial charge in [-0.1, -0.05) is 18.2 Å². The molecule has 1 heterocycles. The van der Waals surface area contributed by atoms with Gasteiger partial charge in [-0.2, -0.15) is 0 Å². The third-order valence-corrected chi connectivity index (χ3v) is 6.03. The second-order valence-electron chi connectivity index (χ2n) is 6.59. The number of nitrogen functional groups attached to an aromatic ring is 2. The number of nitrogens with one attached hydrogen (secondary N) is 1. The maximum atomic E-state index is 12.2. The summed E-state index contributed by atoms with van der Waals surface area (Å²) in [5, 5.41) is 2.96. The quantitative estimate of drug-likeness (QED) is 0.438. The number of sulfone groups is 1. The molecule has 0 spiro atoms. The highest BCUT2D eigenvalue weighted by molar-refractivity contribution is 7.91. The molecule has 3 aromatic carbocycles. The molecule has 0 aliphatic rings. The average molecular weight is 423 g/mol. The molecule has 0 aliphatic carbocycles. The first-order chi connectivity index (χ1) is 14.3. The Hall–Kier alpha value is -3.78. The molecule has 5 N–H and O–H groups in total. The fourth-order valence-electron chi connectivity index (χ4n) is 2.71. The summed E-state index contributed by atoms with van der Waals surface area (Å²) >= 11 is 0. The molecule has 154 valence electrons. The highest BCUT2D eigenvalue weighted by atomic mass is 32.2. The van der Waals surface area contributed by atoms with Crippen molar-refractivity contribution in [2.75, 3.05) is 11.5 Å². The van der Waals surface area contributed by atoms with Gasteiger partial charge in [0.1, 0.15) is 0 Å². The van der Waals surface area contributed by atoms with E-state index in [1.807, 2.05) is 37.3 Å². The normalized spacial score (nSPS) is 10.8. The number of nitrogens with zero attached hydrogens (tertiary/aromatic N) is 1. The summed E-state index contributed by atoms with van der Waals surface area (Å²) in [6.07, 6.45) is 0. The SMILES string of the molecule is Cc1cc(=O)n(-c2ccccc2)[nH]1.Nc1ccc(S(=O)(=O)c2ccc(N)cc2)cc1. The van der Waals surface area contributed by atoms with E-state index in [1.54, 1.807) is 30.3 Å². The second-order valence-corrected chi connectivity index (χ2v) is 8.54. The topological polar surface area (TPSA) is 124 Å². The van der Waals surface area contributed by atoms with E-state index in [4.69, 9.17) is 11.5 Å². The number of hydrogen-bond acceptors (Lipinski definition) is 5. The number of hydrogen-bond donors (Lipinski definition) is 3. The number of H-pyrrole nitrogens is 1. The molecule has 8 heteroatoms. The fourth-order valence-corrected chi connectivity index (χ4v) is 3.97. The second kappa shape index (κ2) is 8.71. The van der Waals surface area contributed by atoms with Gasteiger partial charge in [-0.05, 0) is 67.6 Å². The van der Waals surface area contributed by atoms with Crippen molar-refractivity contribution in [3.05, 3.63) is 101 Å². The predicted molar refractivity (Wildman–Crippen MR) is 118 cm³/mol. The molecule has 1 aromatic heterocycles. The van der Waals surface area contributed by atoms with E-state index < -0.39 is 9.84 Å². The molecule has 0 saturated carbocycles. The molecule has 0 aliphatic heterocycles. The van der Waals surface area contributed by atoms with Crippen molar-refractivity contribution in [2.45, 2.75) is 16.7 Å². The third-order valence-electron chi connectivity index (χ3n) is 4.24. The molecule has 0 unspecified atom stereocenters. The standard InChI is InChI=1S/C12H12N2O2S.C10H10N2O/c13-9-1-5-11(6-2-9)17(15,16)12-7-3-10(14)4-8-12;1-8-7-10(13)12(11-8)9-5-3-2-4-6-9/h1-8H,13-14H2;2-7,11H,1H3. The van der Waals surface area contributed by atoms with Crippen LogP contribution in [0.5, 0.6) is 0 Å². The van der Waals surface area contributed by atoms with Crippen LogP contribution in [0.1, 0.15) is 5.69 Å². The van der Waals surface area contributed by atoms with Gasteiger partial charge in [-0.3, -0.25) is 9.89 Å². The van der Waals surface area contributed by atoms with E-state index in [1.165, 1.54) is 28.9 Å². The van der Waals surface area contributed by atoms with E-state index in [-0.39, 0.29) is 15.4 Å². The summed E-state index contributed by atoms with van der Waals surface area (Å²) in [5.41, 5.74) is 13.8. The molecule has 0 radical (unpaired) electrons. The zero-order valence-corrected chi connectivity index (χ0v) is 17.1. The van der Waals surface area contributed by atoms with Crippen molar-refractivity contribution in [2.24, 2.45) is 0 Å². The van der Waals surface area contributed by atoms with Crippen molar-refractivity contribution in [1.82, 2.24) is 9.78 Å². The number of aromatic nitrogens is 2. The van der Waals surface area contributed by atoms with Crippen LogP contribution in [-0.4, -0.2) is 18.2 Å². The van der Waals surface area contributed by atoms with Crippen molar-refractivity contribution in [1.29, 1.82) is 0 Å². The van der Waals surface area contributed by atoms with Gasteiger partial charge in [0.25, 0.3) is 5.56 Å². The van der Waals surface area contributed by atoms with Crippen LogP contribution in [0.2, 0.25) is 0 Å². The molecule has 0 bridgehead atoms. The Balaban J connectivity index is 0.000000177. The molecule has 4 aromatic rings. The molecule has 4 rings (SSSR count). The lowest BCUT2D eigenvalue weighted by atomic mass is 10.3. The van der Waals surface area contributed by atoms with Crippen LogP contribution in [0.25, 0.3) is 5.69 Å². The number of aryl methyl sites for hydroxylation is 1. The van der Waals surface area contributed by atoms with Crippen LogP contribution in [0.3, 0.4) is 0 Å². The monoisotopic (exact) mass is 422 g/mol. The maximum absolute atomic E-state index is 12.2. The highest BCUT2D eigenvalue weighted by Gasteiger charge is 2.16. The van der Waals surface area contributed by atoms with Gasteiger partial charge in [-0.25, -0.2) is 13.1 Å². The summed E-state index contributed by atoms with van der Waals surface area (Å²) in [4.78, 5) is 11.8. The van der Waals surface area contributed by atoms with Gasteiger partial charge < -0.3 is 11.5 Å². The van der Waals surface area contributed by atoms with E-state index in [0.29, 0.717) is 11.4 Å². The summed E-state index contributed by atoms with van der Waals surface area (Å²) in [5.74, 6) is 0. The minimum atomic E-state index is -3.48. The first-order valence-corrected chi connectivity index (χ1v) is 10.6. The summed E-state index contributed by atoms with van der Waals surface area (Å²) in [6.45, 7) is 1.86. The third kappa shape index (κ3) is 4.79. The van der Waals surface area contributed by atoms with E-state index in [2.05, 4.69) is 5.10 Å². The minimum absolute atomic E-state index is 0.0244. The first-order valence-electron chi connectivity index (χ1n) is 9.07. The zero-order chi connectivity index (χ0) is 21.7. The average Bonchev–Trinajstić information content (AvgIpc) is 3.08. The Labute approximate surface area is 174 Å². The van der Waals surface area contributed by atoms with Gasteiger partial charge in [0.05, 0.1) is 15.5 Å². The van der Waals surface area contributed by atoms with Crippen LogP contribution >= 0.6 is 0 Å². The van der Waals surface area contributed by atoms with Gasteiger partial charge in [-0.15, -0.1) is 0 Å².